The van der Waals surface area contributed by atoms with Crippen LogP contribution < -0.4 is 5.32 Å². The van der Waals surface area contributed by atoms with Crippen LogP contribution >= 0.6 is 22.7 Å². The first-order chi connectivity index (χ1) is 9.33. The average molecular weight is 294 g/mol. The van der Waals surface area contributed by atoms with E-state index in [1.54, 1.807) is 4.88 Å². The normalized spacial score (nSPS) is 25.8. The fraction of sp³-hybridized carbons (Fsp3) is 0.625. The predicted octanol–water partition coefficient (Wildman–Crippen LogP) is 5.44. The van der Waals surface area contributed by atoms with E-state index in [2.05, 4.69) is 36.8 Å². The second-order valence-electron chi connectivity index (χ2n) is 5.68. The molecule has 0 aliphatic heterocycles. The van der Waals surface area contributed by atoms with Gasteiger partial charge in [-0.05, 0) is 42.8 Å². The summed E-state index contributed by atoms with van der Waals surface area (Å²) in [7, 11) is 2.14. The number of hydrogen-bond donors (Lipinski definition) is 1. The molecule has 0 amide bonds. The predicted molar refractivity (Wildman–Crippen MR) is 87.2 cm³/mol. The fourth-order valence-electron chi connectivity index (χ4n) is 3.69. The van der Waals surface area contributed by atoms with E-state index < -0.39 is 0 Å². The number of rotatable bonds is 4. The lowest BCUT2D eigenvalue weighted by Crippen LogP contribution is -2.32. The molecule has 0 aromatic carbocycles. The molecular weight excluding hydrogens is 270 g/mol. The van der Waals surface area contributed by atoms with E-state index in [4.69, 9.17) is 0 Å². The van der Waals surface area contributed by atoms with Crippen molar-refractivity contribution in [1.29, 1.82) is 0 Å². The van der Waals surface area contributed by atoms with Crippen LogP contribution in [0.4, 0.5) is 0 Å². The molecule has 1 saturated carbocycles. The highest BCUT2D eigenvalue weighted by Crippen LogP contribution is 2.43. The fourth-order valence-corrected chi connectivity index (χ4v) is 5.99. The van der Waals surface area contributed by atoms with Crippen LogP contribution in [0.2, 0.25) is 0 Å². The Hall–Kier alpha value is -0.380. The molecule has 0 bridgehead atoms. The topological polar surface area (TPSA) is 12.0 Å². The highest BCUT2D eigenvalue weighted by Gasteiger charge is 2.31. The summed E-state index contributed by atoms with van der Waals surface area (Å²) in [5.41, 5.74) is 0. The maximum absolute atomic E-state index is 3.62. The van der Waals surface area contributed by atoms with E-state index in [0.717, 1.165) is 11.8 Å². The number of hydrogen-bond acceptors (Lipinski definition) is 3. The van der Waals surface area contributed by atoms with E-state index in [1.165, 1.54) is 41.5 Å². The first-order valence-corrected chi connectivity index (χ1v) is 9.17. The van der Waals surface area contributed by atoms with Crippen molar-refractivity contribution in [3.05, 3.63) is 22.4 Å². The molecule has 1 N–H and O–H groups in total. The Labute approximate surface area is 124 Å². The minimum absolute atomic E-state index is 0.565. The van der Waals surface area contributed by atoms with Crippen molar-refractivity contribution >= 4 is 32.1 Å². The minimum atomic E-state index is 0.565. The van der Waals surface area contributed by atoms with Crippen molar-refractivity contribution in [2.24, 2.45) is 11.8 Å². The van der Waals surface area contributed by atoms with Crippen molar-refractivity contribution in [3.63, 3.8) is 0 Å². The molecule has 1 fully saturated rings. The van der Waals surface area contributed by atoms with Crippen LogP contribution in [0.3, 0.4) is 0 Å². The summed E-state index contributed by atoms with van der Waals surface area (Å²) in [4.78, 5) is 1.55. The molecule has 3 rings (SSSR count). The molecule has 3 unspecified atom stereocenters. The molecule has 1 nitrogen and oxygen atoms in total. The largest absolute Gasteiger partial charge is 0.312 e. The third-order valence-corrected chi connectivity index (χ3v) is 6.87. The zero-order chi connectivity index (χ0) is 13.2. The van der Waals surface area contributed by atoms with Crippen molar-refractivity contribution in [3.8, 4) is 0 Å². The van der Waals surface area contributed by atoms with E-state index in [9.17, 15) is 0 Å². The van der Waals surface area contributed by atoms with E-state index in [-0.39, 0.29) is 0 Å². The Morgan fingerprint density at radius 1 is 1.32 bits per heavy atom. The average Bonchev–Trinajstić information content (AvgIpc) is 3.01. The Morgan fingerprint density at radius 3 is 2.89 bits per heavy atom. The molecule has 19 heavy (non-hydrogen) atoms. The third kappa shape index (κ3) is 2.61. The smallest absolute Gasteiger partial charge is 0.0454 e. The molecule has 0 saturated heterocycles. The van der Waals surface area contributed by atoms with Crippen LogP contribution in [0.5, 0.6) is 0 Å². The molecule has 0 radical (unpaired) electrons. The first-order valence-electron chi connectivity index (χ1n) is 7.47. The van der Waals surface area contributed by atoms with Gasteiger partial charge in [-0.1, -0.05) is 32.6 Å². The van der Waals surface area contributed by atoms with Gasteiger partial charge in [-0.3, -0.25) is 0 Å². The summed E-state index contributed by atoms with van der Waals surface area (Å²) in [6.07, 6.45) is 7.02. The molecular formula is C16H23NS2. The Morgan fingerprint density at radius 2 is 2.16 bits per heavy atom. The summed E-state index contributed by atoms with van der Waals surface area (Å²) < 4.78 is 2.92. The number of nitrogens with one attached hydrogen (secondary N) is 1. The lowest BCUT2D eigenvalue weighted by molar-refractivity contribution is 0.182. The van der Waals surface area contributed by atoms with Gasteiger partial charge >= 0.3 is 0 Å². The molecule has 3 heteroatoms. The Balaban J connectivity index is 1.88. The zero-order valence-corrected chi connectivity index (χ0v) is 13.4. The van der Waals surface area contributed by atoms with Crippen LogP contribution in [0, 0.1) is 11.8 Å². The first kappa shape index (κ1) is 13.6. The number of fused-ring (bicyclic) bond motifs is 1. The Bertz CT molecular complexity index is 499. The summed E-state index contributed by atoms with van der Waals surface area (Å²) in [5, 5.41) is 5.82. The molecule has 3 atom stereocenters. The summed E-state index contributed by atoms with van der Waals surface area (Å²) in [5.74, 6) is 1.74. The van der Waals surface area contributed by atoms with Gasteiger partial charge in [-0.2, -0.15) is 0 Å². The highest BCUT2D eigenvalue weighted by molar-refractivity contribution is 7.26. The van der Waals surface area contributed by atoms with Crippen LogP contribution in [0.15, 0.2) is 17.5 Å². The van der Waals surface area contributed by atoms with Gasteiger partial charge < -0.3 is 5.32 Å². The minimum Gasteiger partial charge on any atom is -0.312 e. The molecule has 104 valence electrons. The molecule has 2 aromatic heterocycles. The SMILES string of the molecule is CCC1CCCCC1C(NC)c1cc2sccc2s1. The van der Waals surface area contributed by atoms with Crippen molar-refractivity contribution in [2.75, 3.05) is 7.05 Å². The zero-order valence-electron chi connectivity index (χ0n) is 11.8. The second kappa shape index (κ2) is 5.94. The van der Waals surface area contributed by atoms with Gasteiger partial charge in [0.15, 0.2) is 0 Å². The summed E-state index contributed by atoms with van der Waals surface area (Å²) in [6, 6.07) is 5.25. The summed E-state index contributed by atoms with van der Waals surface area (Å²) >= 11 is 3.86. The Kier molecular flexibility index (Phi) is 4.25. The molecule has 1 aliphatic rings. The van der Waals surface area contributed by atoms with E-state index in [0.29, 0.717) is 6.04 Å². The lowest BCUT2D eigenvalue weighted by Gasteiger charge is -2.36. The quantitative estimate of drug-likeness (QED) is 0.791. The van der Waals surface area contributed by atoms with Crippen LogP contribution in [0.1, 0.15) is 49.9 Å². The van der Waals surface area contributed by atoms with Gasteiger partial charge in [-0.25, -0.2) is 0 Å². The van der Waals surface area contributed by atoms with Crippen LogP contribution in [-0.2, 0) is 0 Å². The van der Waals surface area contributed by atoms with Crippen molar-refractivity contribution in [1.82, 2.24) is 5.32 Å². The standard InChI is InChI=1S/C16H23NS2/c1-3-11-6-4-5-7-12(11)16(17-2)15-10-14-13(19-15)8-9-18-14/h8-12,16-17H,3-7H2,1-2H3. The molecule has 2 heterocycles. The third-order valence-electron chi connectivity index (χ3n) is 4.70. The maximum Gasteiger partial charge on any atom is 0.0454 e. The van der Waals surface area contributed by atoms with Gasteiger partial charge in [0, 0.05) is 20.3 Å². The van der Waals surface area contributed by atoms with E-state index >= 15 is 0 Å². The summed E-state index contributed by atoms with van der Waals surface area (Å²) in [6.45, 7) is 2.36. The van der Waals surface area contributed by atoms with Crippen LogP contribution in [-0.4, -0.2) is 7.05 Å². The van der Waals surface area contributed by atoms with Gasteiger partial charge in [0.05, 0.1) is 0 Å². The van der Waals surface area contributed by atoms with Crippen molar-refractivity contribution < 1.29 is 0 Å². The van der Waals surface area contributed by atoms with E-state index in [1.807, 2.05) is 22.7 Å². The molecule has 0 spiro atoms. The number of thiophene rings is 2. The van der Waals surface area contributed by atoms with Gasteiger partial charge in [0.1, 0.15) is 0 Å². The maximum atomic E-state index is 3.62. The van der Waals surface area contributed by atoms with Crippen LogP contribution in [0.25, 0.3) is 9.40 Å². The molecule has 2 aromatic rings. The lowest BCUT2D eigenvalue weighted by atomic mass is 9.73. The van der Waals surface area contributed by atoms with Crippen molar-refractivity contribution in [2.45, 2.75) is 45.1 Å². The van der Waals surface area contributed by atoms with Gasteiger partial charge in [-0.15, -0.1) is 22.7 Å². The molecule has 1 aliphatic carbocycles. The second-order valence-corrected chi connectivity index (χ2v) is 7.74. The van der Waals surface area contributed by atoms with Gasteiger partial charge in [0.25, 0.3) is 0 Å². The highest BCUT2D eigenvalue weighted by atomic mass is 32.1. The monoisotopic (exact) mass is 293 g/mol. The van der Waals surface area contributed by atoms with Gasteiger partial charge in [0.2, 0.25) is 0 Å².